The Labute approximate surface area is 103 Å². The van der Waals surface area contributed by atoms with Gasteiger partial charge in [-0.2, -0.15) is 0 Å². The molecular weight excluding hydrogens is 235 g/mol. The topological polar surface area (TPSA) is 61.3 Å². The van der Waals surface area contributed by atoms with Crippen molar-refractivity contribution in [2.75, 3.05) is 13.7 Å². The van der Waals surface area contributed by atoms with Crippen LogP contribution in [-0.4, -0.2) is 13.7 Å². The summed E-state index contributed by atoms with van der Waals surface area (Å²) in [6.45, 7) is 0.618. The SMILES string of the molecule is COc1ccc(C(N)CCN)cc1.Cl.Cl. The highest BCUT2D eigenvalue weighted by Gasteiger charge is 2.03. The van der Waals surface area contributed by atoms with Gasteiger partial charge < -0.3 is 16.2 Å². The van der Waals surface area contributed by atoms with Crippen LogP contribution in [0.15, 0.2) is 24.3 Å². The number of benzene rings is 1. The molecule has 3 nitrogen and oxygen atoms in total. The minimum atomic E-state index is 0. The second kappa shape index (κ2) is 8.80. The standard InChI is InChI=1S/C10H16N2O.2ClH/c1-13-9-4-2-8(3-5-9)10(12)6-7-11;;/h2-5,10H,6-7,11-12H2,1H3;2*1H. The van der Waals surface area contributed by atoms with Crippen molar-refractivity contribution in [3.63, 3.8) is 0 Å². The second-order valence-corrected chi connectivity index (χ2v) is 2.96. The average molecular weight is 253 g/mol. The zero-order valence-electron chi connectivity index (χ0n) is 8.68. The predicted molar refractivity (Wildman–Crippen MR) is 68.1 cm³/mol. The Hall–Kier alpha value is -0.480. The van der Waals surface area contributed by atoms with Crippen molar-refractivity contribution >= 4 is 24.8 Å². The van der Waals surface area contributed by atoms with E-state index < -0.39 is 0 Å². The Kier molecular flexibility index (Phi) is 9.93. The first-order chi connectivity index (χ1) is 6.27. The van der Waals surface area contributed by atoms with Crippen LogP contribution < -0.4 is 16.2 Å². The Balaban J connectivity index is 0. The van der Waals surface area contributed by atoms with Gasteiger partial charge in [0.25, 0.3) is 0 Å². The highest BCUT2D eigenvalue weighted by molar-refractivity contribution is 5.85. The largest absolute Gasteiger partial charge is 0.497 e. The fourth-order valence-corrected chi connectivity index (χ4v) is 1.20. The van der Waals surface area contributed by atoms with Crippen LogP contribution in [0.2, 0.25) is 0 Å². The van der Waals surface area contributed by atoms with Crippen LogP contribution >= 0.6 is 24.8 Å². The average Bonchev–Trinajstić information content (AvgIpc) is 2.18. The highest BCUT2D eigenvalue weighted by Crippen LogP contribution is 2.17. The lowest BCUT2D eigenvalue weighted by molar-refractivity contribution is 0.414. The summed E-state index contributed by atoms with van der Waals surface area (Å²) in [6.07, 6.45) is 0.812. The Morgan fingerprint density at radius 3 is 2.13 bits per heavy atom. The number of nitrogens with two attached hydrogens (primary N) is 2. The predicted octanol–water partition coefficient (Wildman–Crippen LogP) is 1.89. The van der Waals surface area contributed by atoms with E-state index in [-0.39, 0.29) is 30.9 Å². The molecule has 1 aromatic rings. The molecule has 0 aliphatic carbocycles. The maximum atomic E-state index is 5.88. The van der Waals surface area contributed by atoms with Gasteiger partial charge in [-0.3, -0.25) is 0 Å². The van der Waals surface area contributed by atoms with E-state index in [1.54, 1.807) is 7.11 Å². The number of methoxy groups -OCH3 is 1. The third-order valence-corrected chi connectivity index (χ3v) is 2.02. The first-order valence-electron chi connectivity index (χ1n) is 4.37. The molecule has 5 heteroatoms. The van der Waals surface area contributed by atoms with Gasteiger partial charge in [-0.1, -0.05) is 12.1 Å². The second-order valence-electron chi connectivity index (χ2n) is 2.96. The lowest BCUT2D eigenvalue weighted by Gasteiger charge is -2.10. The smallest absolute Gasteiger partial charge is 0.118 e. The number of hydrogen-bond donors (Lipinski definition) is 2. The Morgan fingerprint density at radius 2 is 1.73 bits per heavy atom. The van der Waals surface area contributed by atoms with Gasteiger partial charge in [0.1, 0.15) is 5.75 Å². The van der Waals surface area contributed by atoms with Crippen LogP contribution in [-0.2, 0) is 0 Å². The molecule has 0 fully saturated rings. The molecule has 0 spiro atoms. The normalized spacial score (nSPS) is 10.9. The molecule has 15 heavy (non-hydrogen) atoms. The monoisotopic (exact) mass is 252 g/mol. The molecular formula is C10H18Cl2N2O. The number of hydrogen-bond acceptors (Lipinski definition) is 3. The van der Waals surface area contributed by atoms with Crippen molar-refractivity contribution in [1.29, 1.82) is 0 Å². The number of halogens is 2. The van der Waals surface area contributed by atoms with Gasteiger partial charge >= 0.3 is 0 Å². The Morgan fingerprint density at radius 1 is 1.20 bits per heavy atom. The van der Waals surface area contributed by atoms with E-state index >= 15 is 0 Å². The van der Waals surface area contributed by atoms with E-state index in [1.807, 2.05) is 24.3 Å². The summed E-state index contributed by atoms with van der Waals surface area (Å²) in [5, 5.41) is 0. The fraction of sp³-hybridized carbons (Fsp3) is 0.400. The third kappa shape index (κ3) is 5.23. The van der Waals surface area contributed by atoms with Gasteiger partial charge in [-0.25, -0.2) is 0 Å². The molecule has 0 aromatic heterocycles. The molecule has 0 aliphatic rings. The first kappa shape index (κ1) is 16.9. The van der Waals surface area contributed by atoms with E-state index in [2.05, 4.69) is 0 Å². The number of rotatable bonds is 4. The van der Waals surface area contributed by atoms with Crippen molar-refractivity contribution in [3.8, 4) is 5.75 Å². The molecule has 1 aromatic carbocycles. The molecule has 0 amide bonds. The summed E-state index contributed by atoms with van der Waals surface area (Å²) in [5.41, 5.74) is 12.4. The zero-order chi connectivity index (χ0) is 9.68. The molecule has 0 aliphatic heterocycles. The van der Waals surface area contributed by atoms with Crippen LogP contribution in [0.5, 0.6) is 5.75 Å². The van der Waals surface area contributed by atoms with Crippen molar-refractivity contribution in [2.24, 2.45) is 11.5 Å². The lowest BCUT2D eigenvalue weighted by atomic mass is 10.1. The molecule has 0 radical (unpaired) electrons. The van der Waals surface area contributed by atoms with Crippen LogP contribution in [0.1, 0.15) is 18.0 Å². The summed E-state index contributed by atoms with van der Waals surface area (Å²) >= 11 is 0. The van der Waals surface area contributed by atoms with Crippen molar-refractivity contribution in [3.05, 3.63) is 29.8 Å². The third-order valence-electron chi connectivity index (χ3n) is 2.02. The molecule has 0 heterocycles. The van der Waals surface area contributed by atoms with Crippen molar-refractivity contribution in [2.45, 2.75) is 12.5 Å². The van der Waals surface area contributed by atoms with Crippen molar-refractivity contribution < 1.29 is 4.74 Å². The van der Waals surface area contributed by atoms with Gasteiger partial charge in [0.2, 0.25) is 0 Å². The van der Waals surface area contributed by atoms with Gasteiger partial charge in [0.05, 0.1) is 7.11 Å². The van der Waals surface area contributed by atoms with Crippen LogP contribution in [0, 0.1) is 0 Å². The van der Waals surface area contributed by atoms with Gasteiger partial charge in [0.15, 0.2) is 0 Å². The first-order valence-corrected chi connectivity index (χ1v) is 4.37. The van der Waals surface area contributed by atoms with E-state index in [1.165, 1.54) is 0 Å². The fourth-order valence-electron chi connectivity index (χ4n) is 1.20. The Bertz CT molecular complexity index is 254. The summed E-state index contributed by atoms with van der Waals surface area (Å²) in [4.78, 5) is 0. The lowest BCUT2D eigenvalue weighted by Crippen LogP contribution is -2.15. The maximum absolute atomic E-state index is 5.88. The molecule has 88 valence electrons. The van der Waals surface area contributed by atoms with Gasteiger partial charge in [-0.15, -0.1) is 24.8 Å². The quantitative estimate of drug-likeness (QED) is 0.861. The van der Waals surface area contributed by atoms with E-state index in [4.69, 9.17) is 16.2 Å². The molecule has 0 saturated heterocycles. The molecule has 0 saturated carbocycles. The molecule has 1 atom stereocenters. The van der Waals surface area contributed by atoms with Crippen LogP contribution in [0.3, 0.4) is 0 Å². The van der Waals surface area contributed by atoms with Crippen molar-refractivity contribution in [1.82, 2.24) is 0 Å². The van der Waals surface area contributed by atoms with Crippen LogP contribution in [0.25, 0.3) is 0 Å². The maximum Gasteiger partial charge on any atom is 0.118 e. The summed E-state index contributed by atoms with van der Waals surface area (Å²) in [5.74, 6) is 0.851. The van der Waals surface area contributed by atoms with E-state index in [9.17, 15) is 0 Å². The van der Waals surface area contributed by atoms with Gasteiger partial charge in [0, 0.05) is 6.04 Å². The van der Waals surface area contributed by atoms with E-state index in [0.29, 0.717) is 6.54 Å². The summed E-state index contributed by atoms with van der Waals surface area (Å²) < 4.78 is 5.04. The van der Waals surface area contributed by atoms with Gasteiger partial charge in [-0.05, 0) is 30.7 Å². The summed E-state index contributed by atoms with van der Waals surface area (Å²) in [6, 6.07) is 7.80. The highest BCUT2D eigenvalue weighted by atomic mass is 35.5. The number of ether oxygens (including phenoxy) is 1. The minimum absolute atomic E-state index is 0. The molecule has 1 unspecified atom stereocenters. The molecule has 4 N–H and O–H groups in total. The van der Waals surface area contributed by atoms with Crippen LogP contribution in [0.4, 0.5) is 0 Å². The van der Waals surface area contributed by atoms with E-state index in [0.717, 1.165) is 17.7 Å². The zero-order valence-corrected chi connectivity index (χ0v) is 10.3. The minimum Gasteiger partial charge on any atom is -0.497 e. The molecule has 1 rings (SSSR count). The molecule has 0 bridgehead atoms. The summed E-state index contributed by atoms with van der Waals surface area (Å²) in [7, 11) is 1.65.